The molecule has 2 aliphatic heterocycles. The van der Waals surface area contributed by atoms with Crippen molar-refractivity contribution in [3.63, 3.8) is 0 Å². The summed E-state index contributed by atoms with van der Waals surface area (Å²) in [5.41, 5.74) is 2.40. The minimum absolute atomic E-state index is 0.0451. The Kier molecular flexibility index (Phi) is 3.44. The standard InChI is InChI=1S/C15H18N2O3/c1-10-15(19)17(9-14(18)16-10)8-13-12-5-3-2-4-11(12)6-7-20-13/h2-5,10,13H,6-9H2,1H3,(H,16,18). The second kappa shape index (κ2) is 5.25. The molecule has 5 heteroatoms. The Morgan fingerprint density at radius 2 is 2.15 bits per heavy atom. The van der Waals surface area contributed by atoms with E-state index in [0.29, 0.717) is 13.2 Å². The van der Waals surface area contributed by atoms with Crippen LogP contribution in [0.1, 0.15) is 24.2 Å². The van der Waals surface area contributed by atoms with Crippen LogP contribution in [-0.2, 0) is 20.7 Å². The highest BCUT2D eigenvalue weighted by Crippen LogP contribution is 2.28. The molecule has 0 radical (unpaired) electrons. The number of nitrogens with one attached hydrogen (secondary N) is 1. The molecule has 2 aliphatic rings. The van der Waals surface area contributed by atoms with Crippen molar-refractivity contribution < 1.29 is 14.3 Å². The number of hydrogen-bond acceptors (Lipinski definition) is 3. The average Bonchev–Trinajstić information content (AvgIpc) is 2.44. The molecule has 106 valence electrons. The smallest absolute Gasteiger partial charge is 0.245 e. The fourth-order valence-corrected chi connectivity index (χ4v) is 2.86. The quantitative estimate of drug-likeness (QED) is 0.861. The van der Waals surface area contributed by atoms with Crippen LogP contribution in [0.2, 0.25) is 0 Å². The number of nitrogens with zero attached hydrogens (tertiary/aromatic N) is 1. The summed E-state index contributed by atoms with van der Waals surface area (Å²) in [6.45, 7) is 2.92. The first kappa shape index (κ1) is 13.1. The topological polar surface area (TPSA) is 58.6 Å². The highest BCUT2D eigenvalue weighted by Gasteiger charge is 2.32. The van der Waals surface area contributed by atoms with Gasteiger partial charge in [-0.3, -0.25) is 9.59 Å². The summed E-state index contributed by atoms with van der Waals surface area (Å²) in [5, 5.41) is 2.64. The third kappa shape index (κ3) is 2.41. The van der Waals surface area contributed by atoms with Gasteiger partial charge in [0.25, 0.3) is 0 Å². The third-order valence-corrected chi connectivity index (χ3v) is 3.87. The molecule has 2 amide bonds. The average molecular weight is 274 g/mol. The van der Waals surface area contributed by atoms with Crippen molar-refractivity contribution in [3.8, 4) is 0 Å². The minimum Gasteiger partial charge on any atom is -0.371 e. The summed E-state index contributed by atoms with van der Waals surface area (Å²) in [7, 11) is 0. The fourth-order valence-electron chi connectivity index (χ4n) is 2.86. The maximum Gasteiger partial charge on any atom is 0.245 e. The summed E-state index contributed by atoms with van der Waals surface area (Å²) in [6.07, 6.45) is 0.763. The van der Waals surface area contributed by atoms with E-state index < -0.39 is 6.04 Å². The van der Waals surface area contributed by atoms with Crippen LogP contribution < -0.4 is 5.32 Å². The molecule has 2 heterocycles. The lowest BCUT2D eigenvalue weighted by atomic mass is 9.97. The second-order valence-corrected chi connectivity index (χ2v) is 5.32. The van der Waals surface area contributed by atoms with E-state index in [1.54, 1.807) is 11.8 Å². The van der Waals surface area contributed by atoms with Crippen LogP contribution in [0.25, 0.3) is 0 Å². The Hall–Kier alpha value is -1.88. The lowest BCUT2D eigenvalue weighted by molar-refractivity contribution is -0.145. The molecule has 1 saturated heterocycles. The van der Waals surface area contributed by atoms with E-state index in [1.165, 1.54) is 5.56 Å². The van der Waals surface area contributed by atoms with Gasteiger partial charge in [0, 0.05) is 0 Å². The van der Waals surface area contributed by atoms with Crippen molar-refractivity contribution in [2.45, 2.75) is 25.5 Å². The van der Waals surface area contributed by atoms with E-state index in [1.807, 2.05) is 18.2 Å². The molecule has 5 nitrogen and oxygen atoms in total. The van der Waals surface area contributed by atoms with Crippen LogP contribution in [0.15, 0.2) is 24.3 Å². The molecule has 1 fully saturated rings. The number of piperazine rings is 1. The van der Waals surface area contributed by atoms with Gasteiger partial charge in [0.1, 0.15) is 12.1 Å². The lowest BCUT2D eigenvalue weighted by Crippen LogP contribution is -2.57. The molecule has 0 spiro atoms. The summed E-state index contributed by atoms with van der Waals surface area (Å²) in [5.74, 6) is -0.155. The van der Waals surface area contributed by atoms with Crippen LogP contribution >= 0.6 is 0 Å². The van der Waals surface area contributed by atoms with E-state index in [-0.39, 0.29) is 24.5 Å². The van der Waals surface area contributed by atoms with Gasteiger partial charge in [-0.25, -0.2) is 0 Å². The van der Waals surface area contributed by atoms with Crippen LogP contribution in [0.3, 0.4) is 0 Å². The zero-order valence-electron chi connectivity index (χ0n) is 11.5. The normalized spacial score (nSPS) is 26.1. The molecule has 3 rings (SSSR count). The monoisotopic (exact) mass is 274 g/mol. The fraction of sp³-hybridized carbons (Fsp3) is 0.467. The Morgan fingerprint density at radius 1 is 1.35 bits per heavy atom. The highest BCUT2D eigenvalue weighted by atomic mass is 16.5. The third-order valence-electron chi connectivity index (χ3n) is 3.87. The number of ether oxygens (including phenoxy) is 1. The van der Waals surface area contributed by atoms with Crippen molar-refractivity contribution in [2.24, 2.45) is 0 Å². The van der Waals surface area contributed by atoms with Gasteiger partial charge in [-0.1, -0.05) is 24.3 Å². The van der Waals surface area contributed by atoms with Crippen LogP contribution in [0.4, 0.5) is 0 Å². The molecule has 0 bridgehead atoms. The summed E-state index contributed by atoms with van der Waals surface area (Å²) < 4.78 is 5.80. The molecule has 0 saturated carbocycles. The number of benzene rings is 1. The van der Waals surface area contributed by atoms with Gasteiger partial charge in [-0.15, -0.1) is 0 Å². The molecule has 2 atom stereocenters. The minimum atomic E-state index is -0.449. The first-order valence-corrected chi connectivity index (χ1v) is 6.92. The second-order valence-electron chi connectivity index (χ2n) is 5.32. The number of amides is 2. The van der Waals surface area contributed by atoms with E-state index in [0.717, 1.165) is 12.0 Å². The van der Waals surface area contributed by atoms with Crippen molar-refractivity contribution in [1.82, 2.24) is 10.2 Å². The van der Waals surface area contributed by atoms with E-state index in [4.69, 9.17) is 4.74 Å². The number of carbonyl (C=O) groups is 2. The van der Waals surface area contributed by atoms with Gasteiger partial charge in [0.05, 0.1) is 19.7 Å². The number of fused-ring (bicyclic) bond motifs is 1. The molecule has 0 aliphatic carbocycles. The zero-order valence-corrected chi connectivity index (χ0v) is 11.5. The molecule has 1 aromatic carbocycles. The maximum absolute atomic E-state index is 12.1. The SMILES string of the molecule is CC1NC(=O)CN(CC2OCCc3ccccc32)C1=O. The molecule has 1 aromatic rings. The first-order chi connectivity index (χ1) is 9.65. The zero-order chi connectivity index (χ0) is 14.1. The van der Waals surface area contributed by atoms with E-state index >= 15 is 0 Å². The molecule has 1 N–H and O–H groups in total. The van der Waals surface area contributed by atoms with Crippen LogP contribution in [0.5, 0.6) is 0 Å². The maximum atomic E-state index is 12.1. The first-order valence-electron chi connectivity index (χ1n) is 6.92. The van der Waals surface area contributed by atoms with Gasteiger partial charge in [-0.2, -0.15) is 0 Å². The Labute approximate surface area is 117 Å². The summed E-state index contributed by atoms with van der Waals surface area (Å²) in [6, 6.07) is 7.68. The van der Waals surface area contributed by atoms with Crippen molar-refractivity contribution in [3.05, 3.63) is 35.4 Å². The summed E-state index contributed by atoms with van der Waals surface area (Å²) in [4.78, 5) is 25.3. The molecule has 2 unspecified atom stereocenters. The largest absolute Gasteiger partial charge is 0.371 e. The highest BCUT2D eigenvalue weighted by molar-refractivity contribution is 5.94. The number of hydrogen-bond donors (Lipinski definition) is 1. The van der Waals surface area contributed by atoms with Gasteiger partial charge >= 0.3 is 0 Å². The molecular weight excluding hydrogens is 256 g/mol. The van der Waals surface area contributed by atoms with E-state index in [9.17, 15) is 9.59 Å². The van der Waals surface area contributed by atoms with E-state index in [2.05, 4.69) is 11.4 Å². The predicted octanol–water partition coefficient (Wildman–Crippen LogP) is 0.647. The Bertz CT molecular complexity index is 544. The molecule has 20 heavy (non-hydrogen) atoms. The van der Waals surface area contributed by atoms with Crippen LogP contribution in [0, 0.1) is 0 Å². The van der Waals surface area contributed by atoms with Crippen molar-refractivity contribution >= 4 is 11.8 Å². The predicted molar refractivity (Wildman–Crippen MR) is 73.0 cm³/mol. The van der Waals surface area contributed by atoms with Crippen molar-refractivity contribution in [1.29, 1.82) is 0 Å². The summed E-state index contributed by atoms with van der Waals surface area (Å²) >= 11 is 0. The van der Waals surface area contributed by atoms with Gasteiger partial charge in [-0.05, 0) is 24.5 Å². The van der Waals surface area contributed by atoms with Crippen molar-refractivity contribution in [2.75, 3.05) is 19.7 Å². The number of carbonyl (C=O) groups excluding carboxylic acids is 2. The van der Waals surface area contributed by atoms with Gasteiger partial charge in [0.2, 0.25) is 11.8 Å². The number of rotatable bonds is 2. The van der Waals surface area contributed by atoms with Crippen LogP contribution in [-0.4, -0.2) is 42.5 Å². The Morgan fingerprint density at radius 3 is 3.00 bits per heavy atom. The molecular formula is C15H18N2O3. The lowest BCUT2D eigenvalue weighted by Gasteiger charge is -2.35. The Balaban J connectivity index is 1.78. The molecule has 0 aromatic heterocycles. The van der Waals surface area contributed by atoms with Gasteiger partial charge in [0.15, 0.2) is 0 Å². The van der Waals surface area contributed by atoms with Gasteiger partial charge < -0.3 is 15.0 Å².